The van der Waals surface area contributed by atoms with Crippen LogP contribution >= 0.6 is 0 Å². The SMILES string of the molecule is Cc1cc(C(=O)N2CCNC[C@H]2C)nn1C. The van der Waals surface area contributed by atoms with Crippen LogP contribution in [0.15, 0.2) is 6.07 Å². The second-order valence-electron chi connectivity index (χ2n) is 4.35. The third kappa shape index (κ3) is 1.95. The fourth-order valence-corrected chi connectivity index (χ4v) is 1.96. The minimum Gasteiger partial charge on any atom is -0.332 e. The molecule has 1 fully saturated rings. The number of hydrogen-bond acceptors (Lipinski definition) is 3. The summed E-state index contributed by atoms with van der Waals surface area (Å²) in [6.45, 7) is 6.49. The van der Waals surface area contributed by atoms with Crippen molar-refractivity contribution < 1.29 is 4.79 Å². The molecule has 2 heterocycles. The molecular formula is C11H18N4O. The van der Waals surface area contributed by atoms with Gasteiger partial charge in [0.25, 0.3) is 5.91 Å². The summed E-state index contributed by atoms with van der Waals surface area (Å²) in [7, 11) is 1.85. The van der Waals surface area contributed by atoms with Crippen LogP contribution in [-0.2, 0) is 7.05 Å². The summed E-state index contributed by atoms with van der Waals surface area (Å²) in [5.41, 5.74) is 1.56. The molecule has 5 nitrogen and oxygen atoms in total. The molecule has 1 amide bonds. The summed E-state index contributed by atoms with van der Waals surface area (Å²) >= 11 is 0. The van der Waals surface area contributed by atoms with Gasteiger partial charge in [0, 0.05) is 38.4 Å². The predicted molar refractivity (Wildman–Crippen MR) is 61.3 cm³/mol. The van der Waals surface area contributed by atoms with E-state index in [2.05, 4.69) is 17.3 Å². The van der Waals surface area contributed by atoms with Gasteiger partial charge in [-0.1, -0.05) is 0 Å². The van der Waals surface area contributed by atoms with Crippen molar-refractivity contribution >= 4 is 5.91 Å². The Labute approximate surface area is 95.4 Å². The summed E-state index contributed by atoms with van der Waals surface area (Å²) in [6, 6.07) is 2.08. The van der Waals surface area contributed by atoms with Crippen molar-refractivity contribution in [1.29, 1.82) is 0 Å². The normalized spacial score (nSPS) is 21.2. The number of carbonyl (C=O) groups is 1. The Kier molecular flexibility index (Phi) is 2.96. The van der Waals surface area contributed by atoms with Gasteiger partial charge in [0.1, 0.15) is 0 Å². The Bertz CT molecular complexity index is 379. The van der Waals surface area contributed by atoms with E-state index in [-0.39, 0.29) is 11.9 Å². The molecule has 0 aliphatic carbocycles. The monoisotopic (exact) mass is 222 g/mol. The van der Waals surface area contributed by atoms with E-state index in [9.17, 15) is 4.79 Å². The first-order chi connectivity index (χ1) is 7.59. The number of hydrogen-bond donors (Lipinski definition) is 1. The maximum absolute atomic E-state index is 12.2. The van der Waals surface area contributed by atoms with Gasteiger partial charge in [-0.25, -0.2) is 0 Å². The quantitative estimate of drug-likeness (QED) is 0.736. The van der Waals surface area contributed by atoms with Crippen molar-refractivity contribution in [3.05, 3.63) is 17.5 Å². The minimum atomic E-state index is 0.0395. The van der Waals surface area contributed by atoms with Gasteiger partial charge in [0.15, 0.2) is 5.69 Å². The van der Waals surface area contributed by atoms with Gasteiger partial charge < -0.3 is 10.2 Å². The van der Waals surface area contributed by atoms with Crippen LogP contribution in [0, 0.1) is 6.92 Å². The smallest absolute Gasteiger partial charge is 0.274 e. The fraction of sp³-hybridized carbons (Fsp3) is 0.636. The van der Waals surface area contributed by atoms with Gasteiger partial charge in [0.2, 0.25) is 0 Å². The molecule has 1 aromatic rings. The zero-order chi connectivity index (χ0) is 11.7. The first-order valence-corrected chi connectivity index (χ1v) is 5.62. The highest BCUT2D eigenvalue weighted by atomic mass is 16.2. The van der Waals surface area contributed by atoms with Crippen molar-refractivity contribution in [3.63, 3.8) is 0 Å². The molecule has 1 aliphatic heterocycles. The van der Waals surface area contributed by atoms with Gasteiger partial charge in [-0.15, -0.1) is 0 Å². The molecule has 0 saturated carbocycles. The molecule has 0 radical (unpaired) electrons. The third-order valence-electron chi connectivity index (χ3n) is 3.10. The Morgan fingerprint density at radius 1 is 1.62 bits per heavy atom. The van der Waals surface area contributed by atoms with Crippen molar-refractivity contribution in [2.75, 3.05) is 19.6 Å². The lowest BCUT2D eigenvalue weighted by Gasteiger charge is -2.33. The van der Waals surface area contributed by atoms with E-state index in [0.717, 1.165) is 25.3 Å². The molecule has 1 aromatic heterocycles. The molecule has 2 rings (SSSR count). The lowest BCUT2D eigenvalue weighted by atomic mass is 10.2. The number of rotatable bonds is 1. The van der Waals surface area contributed by atoms with Crippen molar-refractivity contribution in [3.8, 4) is 0 Å². The Morgan fingerprint density at radius 2 is 2.38 bits per heavy atom. The molecule has 0 bridgehead atoms. The molecule has 0 unspecified atom stereocenters. The largest absolute Gasteiger partial charge is 0.332 e. The highest BCUT2D eigenvalue weighted by Crippen LogP contribution is 2.10. The zero-order valence-corrected chi connectivity index (χ0v) is 10.0. The Balaban J connectivity index is 2.17. The maximum Gasteiger partial charge on any atom is 0.274 e. The molecule has 1 N–H and O–H groups in total. The average Bonchev–Trinajstić information content (AvgIpc) is 2.59. The van der Waals surface area contributed by atoms with Gasteiger partial charge in [-0.2, -0.15) is 5.10 Å². The molecule has 88 valence electrons. The first-order valence-electron chi connectivity index (χ1n) is 5.62. The Hall–Kier alpha value is -1.36. The summed E-state index contributed by atoms with van der Waals surface area (Å²) in [5.74, 6) is 0.0395. The van der Waals surface area contributed by atoms with E-state index in [0.29, 0.717) is 5.69 Å². The number of piperazine rings is 1. The van der Waals surface area contributed by atoms with Crippen molar-refractivity contribution in [2.24, 2.45) is 7.05 Å². The van der Waals surface area contributed by atoms with Gasteiger partial charge >= 0.3 is 0 Å². The van der Waals surface area contributed by atoms with Crippen LogP contribution in [0.2, 0.25) is 0 Å². The molecule has 0 aromatic carbocycles. The Morgan fingerprint density at radius 3 is 2.94 bits per heavy atom. The van der Waals surface area contributed by atoms with Crippen LogP contribution in [-0.4, -0.2) is 46.3 Å². The maximum atomic E-state index is 12.2. The van der Waals surface area contributed by atoms with Crippen LogP contribution in [0.4, 0.5) is 0 Å². The molecule has 0 spiro atoms. The second kappa shape index (κ2) is 4.25. The molecule has 5 heteroatoms. The zero-order valence-electron chi connectivity index (χ0n) is 10.0. The first kappa shape index (κ1) is 11.1. The molecule has 1 aliphatic rings. The number of amides is 1. The van der Waals surface area contributed by atoms with E-state index in [1.54, 1.807) is 4.68 Å². The van der Waals surface area contributed by atoms with Crippen LogP contribution in [0.5, 0.6) is 0 Å². The van der Waals surface area contributed by atoms with Crippen LogP contribution < -0.4 is 5.32 Å². The van der Waals surface area contributed by atoms with Crippen molar-refractivity contribution in [1.82, 2.24) is 20.0 Å². The number of carbonyl (C=O) groups excluding carboxylic acids is 1. The lowest BCUT2D eigenvalue weighted by molar-refractivity contribution is 0.0649. The van der Waals surface area contributed by atoms with E-state index >= 15 is 0 Å². The highest BCUT2D eigenvalue weighted by molar-refractivity contribution is 5.92. The molecule has 16 heavy (non-hydrogen) atoms. The van der Waals surface area contributed by atoms with E-state index in [4.69, 9.17) is 0 Å². The summed E-state index contributed by atoms with van der Waals surface area (Å²) in [6.07, 6.45) is 0. The number of nitrogens with one attached hydrogen (secondary N) is 1. The van der Waals surface area contributed by atoms with Crippen LogP contribution in [0.1, 0.15) is 23.1 Å². The van der Waals surface area contributed by atoms with Crippen LogP contribution in [0.25, 0.3) is 0 Å². The summed E-state index contributed by atoms with van der Waals surface area (Å²) in [5, 5.41) is 7.49. The number of aryl methyl sites for hydroxylation is 2. The van der Waals surface area contributed by atoms with E-state index in [1.807, 2.05) is 24.9 Å². The third-order valence-corrected chi connectivity index (χ3v) is 3.10. The van der Waals surface area contributed by atoms with Gasteiger partial charge in [-0.05, 0) is 19.9 Å². The average molecular weight is 222 g/mol. The van der Waals surface area contributed by atoms with Gasteiger partial charge in [0.05, 0.1) is 0 Å². The highest BCUT2D eigenvalue weighted by Gasteiger charge is 2.25. The predicted octanol–water partition coefficient (Wildman–Crippen LogP) is 0.162. The van der Waals surface area contributed by atoms with Crippen molar-refractivity contribution in [2.45, 2.75) is 19.9 Å². The van der Waals surface area contributed by atoms with Gasteiger partial charge in [-0.3, -0.25) is 9.48 Å². The van der Waals surface area contributed by atoms with E-state index in [1.165, 1.54) is 0 Å². The fourth-order valence-electron chi connectivity index (χ4n) is 1.96. The molecule has 1 saturated heterocycles. The summed E-state index contributed by atoms with van der Waals surface area (Å²) < 4.78 is 1.74. The standard InChI is InChI=1S/C11H18N4O/c1-8-6-10(13-14(8)3)11(16)15-5-4-12-7-9(15)2/h6,9,12H,4-5,7H2,1-3H3/t9-/m1/s1. The van der Waals surface area contributed by atoms with Crippen LogP contribution in [0.3, 0.4) is 0 Å². The lowest BCUT2D eigenvalue weighted by Crippen LogP contribution is -2.52. The minimum absolute atomic E-state index is 0.0395. The topological polar surface area (TPSA) is 50.2 Å². The number of aromatic nitrogens is 2. The number of nitrogens with zero attached hydrogens (tertiary/aromatic N) is 3. The summed E-state index contributed by atoms with van der Waals surface area (Å²) in [4.78, 5) is 14.1. The molecule has 1 atom stereocenters. The second-order valence-corrected chi connectivity index (χ2v) is 4.35. The molecular weight excluding hydrogens is 204 g/mol. The van der Waals surface area contributed by atoms with E-state index < -0.39 is 0 Å².